The Hall–Kier alpha value is -4.20. The average Bonchev–Trinajstić information content (AvgIpc) is 3.12. The molecule has 2 aliphatic carbocycles. The Morgan fingerprint density at radius 3 is 2.02 bits per heavy atom. The van der Waals surface area contributed by atoms with Crippen molar-refractivity contribution >= 4 is 29.1 Å². The number of phenolic OH excluding ortho intramolecular Hbond substituents is 1. The van der Waals surface area contributed by atoms with E-state index in [0.717, 1.165) is 40.5 Å². The lowest BCUT2D eigenvalue weighted by Gasteiger charge is -2.60. The van der Waals surface area contributed by atoms with E-state index in [-0.39, 0.29) is 36.7 Å². The minimum absolute atomic E-state index is 0.0127. The summed E-state index contributed by atoms with van der Waals surface area (Å²) in [6.45, 7) is 20.4. The van der Waals surface area contributed by atoms with E-state index in [2.05, 4.69) is 12.7 Å². The SMILES string of the molecule is C=C(C)[C@@H](CC=C(C)C)C[C@]12C[C@H](CC=C(C)C)C(C)(C)[C@@](CC=C(C)C)(C(=O)/C(=C(\O)c3ccc(OC(=O)[C@H](O)[C@@H](O)[C@H](O)[C@H](O)CO)c(O)c3)C1=O)C2=O. The highest BCUT2D eigenvalue weighted by atomic mass is 16.6. The van der Waals surface area contributed by atoms with Crippen molar-refractivity contribution in [2.24, 2.45) is 28.1 Å². The van der Waals surface area contributed by atoms with Gasteiger partial charge >= 0.3 is 5.97 Å². The van der Waals surface area contributed by atoms with Crippen LogP contribution in [0.1, 0.15) is 100.0 Å². The fourth-order valence-electron chi connectivity index (χ4n) is 7.99. The molecule has 3 rings (SSSR count). The molecule has 2 fully saturated rings. The van der Waals surface area contributed by atoms with Gasteiger partial charge in [-0.15, -0.1) is 0 Å². The Balaban J connectivity index is 2.29. The number of phenols is 1. The van der Waals surface area contributed by atoms with Crippen LogP contribution in [0.4, 0.5) is 0 Å². The van der Waals surface area contributed by atoms with Gasteiger partial charge in [0.15, 0.2) is 35.0 Å². The third-order valence-electron chi connectivity index (χ3n) is 11.7. The maximum Gasteiger partial charge on any atom is 0.343 e. The van der Waals surface area contributed by atoms with Crippen LogP contribution in [0.25, 0.3) is 5.76 Å². The zero-order valence-corrected chi connectivity index (χ0v) is 34.0. The van der Waals surface area contributed by atoms with Gasteiger partial charge in [-0.25, -0.2) is 4.79 Å². The van der Waals surface area contributed by atoms with Gasteiger partial charge in [-0.05, 0) is 116 Å². The number of hydrogen-bond acceptors (Lipinski definition) is 12. The van der Waals surface area contributed by atoms with E-state index in [1.807, 2.05) is 74.5 Å². The number of Topliss-reactive ketones (excluding diaryl/α,β-unsaturated/α-hetero) is 3. The maximum atomic E-state index is 15.4. The number of allylic oxidation sites excluding steroid dienone is 8. The summed E-state index contributed by atoms with van der Waals surface area (Å²) in [5.41, 5.74) is -1.55. The number of carbonyl (C=O) groups excluding carboxylic acids is 4. The second-order valence-corrected chi connectivity index (χ2v) is 16.9. The highest BCUT2D eigenvalue weighted by molar-refractivity contribution is 6.41. The van der Waals surface area contributed by atoms with Crippen LogP contribution >= 0.6 is 0 Å². The van der Waals surface area contributed by atoms with Crippen molar-refractivity contribution in [2.45, 2.75) is 119 Å². The Morgan fingerprint density at radius 1 is 0.911 bits per heavy atom. The molecule has 56 heavy (non-hydrogen) atoms. The number of benzene rings is 1. The Kier molecular flexibility index (Phi) is 14.8. The summed E-state index contributed by atoms with van der Waals surface area (Å²) in [5.74, 6) is -6.36. The normalized spacial score (nSPS) is 25.2. The number of fused-ring (bicyclic) bond motifs is 2. The monoisotopic (exact) mass is 780 g/mol. The van der Waals surface area contributed by atoms with Gasteiger partial charge in [-0.1, -0.05) is 60.9 Å². The maximum absolute atomic E-state index is 15.4. The first kappa shape index (κ1) is 46.2. The number of carbonyl (C=O) groups is 4. The number of aromatic hydroxyl groups is 1. The second-order valence-electron chi connectivity index (χ2n) is 16.9. The molecule has 0 aliphatic heterocycles. The quantitative estimate of drug-likeness (QED) is 0.0214. The molecular formula is C44H60O12. The molecule has 1 aromatic carbocycles. The predicted octanol–water partition coefficient (Wildman–Crippen LogP) is 5.39. The highest BCUT2D eigenvalue weighted by Gasteiger charge is 2.74. The lowest BCUT2D eigenvalue weighted by Crippen LogP contribution is -2.69. The van der Waals surface area contributed by atoms with Crippen molar-refractivity contribution < 1.29 is 59.7 Å². The molecule has 12 nitrogen and oxygen atoms in total. The van der Waals surface area contributed by atoms with Crippen LogP contribution < -0.4 is 4.74 Å². The summed E-state index contributed by atoms with van der Waals surface area (Å²) in [7, 11) is 0. The van der Waals surface area contributed by atoms with Gasteiger partial charge in [0.25, 0.3) is 0 Å². The molecule has 1 aromatic rings. The van der Waals surface area contributed by atoms with Crippen molar-refractivity contribution in [1.82, 2.24) is 0 Å². The van der Waals surface area contributed by atoms with Crippen LogP contribution in [-0.2, 0) is 19.2 Å². The summed E-state index contributed by atoms with van der Waals surface area (Å²) < 4.78 is 5.01. The smallest absolute Gasteiger partial charge is 0.343 e. The molecule has 0 amide bonds. The van der Waals surface area contributed by atoms with E-state index in [4.69, 9.17) is 9.84 Å². The lowest BCUT2D eigenvalue weighted by atomic mass is 9.38. The summed E-state index contributed by atoms with van der Waals surface area (Å²) in [4.78, 5) is 58.3. The van der Waals surface area contributed by atoms with Crippen molar-refractivity contribution in [3.8, 4) is 11.5 Å². The number of esters is 1. The molecular weight excluding hydrogens is 720 g/mol. The first-order valence-corrected chi connectivity index (χ1v) is 18.9. The van der Waals surface area contributed by atoms with Gasteiger partial charge in [0, 0.05) is 5.56 Å². The standard InChI is InChI=1S/C44H60O12/c1-23(2)11-13-28(26(7)8)20-43-21-29(15-12-24(3)4)42(9,10)44(41(43)55,18-17-25(5)6)39(53)33(38(43)52)34(48)27-14-16-32(30(46)19-27)56-40(54)37(51)36(50)35(49)31(47)22-45/h11-12,14,16-17,19,28-29,31,35-37,45-51H,7,13,15,18,20-22H2,1-6,8-10H3/b34-33-/t28-,29-,31+,35+,36-,37+,43-,44-/m0/s1. The first-order valence-electron chi connectivity index (χ1n) is 18.9. The third kappa shape index (κ3) is 8.84. The largest absolute Gasteiger partial charge is 0.506 e. The van der Waals surface area contributed by atoms with Gasteiger partial charge in [0.2, 0.25) is 0 Å². The number of aliphatic hydroxyl groups is 6. The molecule has 12 heteroatoms. The van der Waals surface area contributed by atoms with E-state index in [1.165, 1.54) is 0 Å². The molecule has 0 heterocycles. The molecule has 0 spiro atoms. The first-order chi connectivity index (χ1) is 25.9. The van der Waals surface area contributed by atoms with Crippen molar-refractivity contribution in [1.29, 1.82) is 0 Å². The van der Waals surface area contributed by atoms with Gasteiger partial charge in [-0.2, -0.15) is 0 Å². The fourth-order valence-corrected chi connectivity index (χ4v) is 7.99. The third-order valence-corrected chi connectivity index (χ3v) is 11.7. The lowest BCUT2D eigenvalue weighted by molar-refractivity contribution is -0.177. The Bertz CT molecular complexity index is 1830. The Morgan fingerprint density at radius 2 is 1.50 bits per heavy atom. The van der Waals surface area contributed by atoms with Crippen LogP contribution in [0.3, 0.4) is 0 Å². The zero-order chi connectivity index (χ0) is 42.7. The number of ether oxygens (including phenoxy) is 1. The average molecular weight is 781 g/mol. The summed E-state index contributed by atoms with van der Waals surface area (Å²) in [5, 5.41) is 71.6. The van der Waals surface area contributed by atoms with E-state index < -0.39 is 93.4 Å². The Labute approximate surface area is 329 Å². The molecule has 2 bridgehead atoms. The molecule has 0 saturated heterocycles. The summed E-state index contributed by atoms with van der Waals surface area (Å²) in [6, 6.07) is 3.12. The van der Waals surface area contributed by atoms with Crippen LogP contribution in [-0.4, -0.2) is 90.1 Å². The van der Waals surface area contributed by atoms with Gasteiger partial charge < -0.3 is 40.5 Å². The van der Waals surface area contributed by atoms with E-state index >= 15 is 14.4 Å². The van der Waals surface area contributed by atoms with E-state index in [9.17, 15) is 35.4 Å². The molecule has 308 valence electrons. The van der Waals surface area contributed by atoms with Crippen LogP contribution in [0.15, 0.2) is 70.9 Å². The van der Waals surface area contributed by atoms with Gasteiger partial charge in [-0.3, -0.25) is 14.4 Å². The number of ketones is 3. The second kappa shape index (κ2) is 17.9. The van der Waals surface area contributed by atoms with Crippen molar-refractivity contribution in [3.05, 3.63) is 76.4 Å². The summed E-state index contributed by atoms with van der Waals surface area (Å²) >= 11 is 0. The molecule has 2 aliphatic rings. The van der Waals surface area contributed by atoms with Gasteiger partial charge in [0.05, 0.1) is 12.0 Å². The van der Waals surface area contributed by atoms with E-state index in [0.29, 0.717) is 12.8 Å². The van der Waals surface area contributed by atoms with Crippen LogP contribution in [0.5, 0.6) is 11.5 Å². The summed E-state index contributed by atoms with van der Waals surface area (Å²) in [6.07, 6.45) is -1.59. The molecule has 0 radical (unpaired) electrons. The molecule has 7 N–H and O–H groups in total. The molecule has 2 saturated carbocycles. The van der Waals surface area contributed by atoms with Gasteiger partial charge in [0.1, 0.15) is 35.1 Å². The van der Waals surface area contributed by atoms with Crippen molar-refractivity contribution in [2.75, 3.05) is 6.61 Å². The number of hydrogen-bond donors (Lipinski definition) is 7. The molecule has 0 unspecified atom stereocenters. The fraction of sp³-hybridized carbons (Fsp3) is 0.545. The predicted molar refractivity (Wildman–Crippen MR) is 211 cm³/mol. The number of rotatable bonds is 16. The van der Waals surface area contributed by atoms with Crippen molar-refractivity contribution in [3.63, 3.8) is 0 Å². The highest BCUT2D eigenvalue weighted by Crippen LogP contribution is 2.66. The zero-order valence-electron chi connectivity index (χ0n) is 34.0. The molecule has 8 atom stereocenters. The minimum atomic E-state index is -2.41. The van der Waals surface area contributed by atoms with Crippen LogP contribution in [0.2, 0.25) is 0 Å². The number of aliphatic hydroxyl groups excluding tert-OH is 6. The minimum Gasteiger partial charge on any atom is -0.506 e. The van der Waals surface area contributed by atoms with Crippen LogP contribution in [0, 0.1) is 28.1 Å². The molecule has 0 aromatic heterocycles. The van der Waals surface area contributed by atoms with E-state index in [1.54, 1.807) is 0 Å². The topological polar surface area (TPSA) is 219 Å².